The SMILES string of the molecule is CCn1c(SCC(=O)N2CCN(CCOc3ccccc3)CC2)nnc1-c1ccccc1OC. The number of hydrogen-bond acceptors (Lipinski definition) is 7. The predicted octanol–water partition coefficient (Wildman–Crippen LogP) is 3.29. The van der Waals surface area contributed by atoms with Crippen LogP contribution in [-0.2, 0) is 11.3 Å². The molecule has 0 bridgehead atoms. The van der Waals surface area contributed by atoms with E-state index in [1.165, 1.54) is 11.8 Å². The highest BCUT2D eigenvalue weighted by atomic mass is 32.2. The molecular weight excluding hydrogens is 450 g/mol. The zero-order valence-electron chi connectivity index (χ0n) is 19.7. The summed E-state index contributed by atoms with van der Waals surface area (Å²) in [5.41, 5.74) is 0.893. The van der Waals surface area contributed by atoms with Gasteiger partial charge in [-0.2, -0.15) is 0 Å². The molecule has 1 saturated heterocycles. The minimum atomic E-state index is 0.134. The van der Waals surface area contributed by atoms with Gasteiger partial charge in [0.1, 0.15) is 18.1 Å². The van der Waals surface area contributed by atoms with Gasteiger partial charge in [0, 0.05) is 39.3 Å². The molecule has 0 aliphatic carbocycles. The fourth-order valence-electron chi connectivity index (χ4n) is 3.96. The first kappa shape index (κ1) is 24.1. The van der Waals surface area contributed by atoms with Crippen molar-refractivity contribution in [1.29, 1.82) is 0 Å². The Morgan fingerprint density at radius 2 is 1.74 bits per heavy atom. The number of rotatable bonds is 10. The van der Waals surface area contributed by atoms with E-state index < -0.39 is 0 Å². The predicted molar refractivity (Wildman–Crippen MR) is 133 cm³/mol. The number of thioether (sulfide) groups is 1. The van der Waals surface area contributed by atoms with Crippen LogP contribution in [0.5, 0.6) is 11.5 Å². The Hall–Kier alpha value is -3.04. The highest BCUT2D eigenvalue weighted by Gasteiger charge is 2.23. The Morgan fingerprint density at radius 1 is 1.00 bits per heavy atom. The number of para-hydroxylation sites is 2. The van der Waals surface area contributed by atoms with E-state index in [1.807, 2.05) is 64.1 Å². The van der Waals surface area contributed by atoms with E-state index in [-0.39, 0.29) is 5.91 Å². The van der Waals surface area contributed by atoms with Gasteiger partial charge < -0.3 is 18.9 Å². The van der Waals surface area contributed by atoms with Gasteiger partial charge in [-0.3, -0.25) is 9.69 Å². The second kappa shape index (κ2) is 11.9. The summed E-state index contributed by atoms with van der Waals surface area (Å²) in [5, 5.41) is 9.48. The minimum absolute atomic E-state index is 0.134. The number of benzene rings is 2. The van der Waals surface area contributed by atoms with Crippen LogP contribution in [0.25, 0.3) is 11.4 Å². The van der Waals surface area contributed by atoms with Gasteiger partial charge >= 0.3 is 0 Å². The molecule has 9 heteroatoms. The summed E-state index contributed by atoms with van der Waals surface area (Å²) in [4.78, 5) is 17.1. The van der Waals surface area contributed by atoms with Crippen LogP contribution >= 0.6 is 11.8 Å². The van der Waals surface area contributed by atoms with Gasteiger partial charge in [0.05, 0.1) is 18.4 Å². The van der Waals surface area contributed by atoms with Crippen LogP contribution in [0.2, 0.25) is 0 Å². The molecule has 1 aliphatic rings. The summed E-state index contributed by atoms with van der Waals surface area (Å²) in [6.45, 7) is 7.45. The van der Waals surface area contributed by atoms with Crippen LogP contribution < -0.4 is 9.47 Å². The Labute approximate surface area is 204 Å². The topological polar surface area (TPSA) is 72.7 Å². The van der Waals surface area contributed by atoms with E-state index in [4.69, 9.17) is 9.47 Å². The maximum Gasteiger partial charge on any atom is 0.233 e. The Morgan fingerprint density at radius 3 is 2.47 bits per heavy atom. The smallest absolute Gasteiger partial charge is 0.233 e. The van der Waals surface area contributed by atoms with Gasteiger partial charge in [-0.25, -0.2) is 0 Å². The largest absolute Gasteiger partial charge is 0.496 e. The van der Waals surface area contributed by atoms with Crippen molar-refractivity contribution >= 4 is 17.7 Å². The Bertz CT molecular complexity index is 1070. The first-order valence-corrected chi connectivity index (χ1v) is 12.6. The monoisotopic (exact) mass is 481 g/mol. The fraction of sp³-hybridized carbons (Fsp3) is 0.400. The lowest BCUT2D eigenvalue weighted by Gasteiger charge is -2.34. The van der Waals surface area contributed by atoms with Crippen molar-refractivity contribution in [1.82, 2.24) is 24.6 Å². The third kappa shape index (κ3) is 5.90. The van der Waals surface area contributed by atoms with E-state index in [9.17, 15) is 4.79 Å². The highest BCUT2D eigenvalue weighted by Crippen LogP contribution is 2.30. The summed E-state index contributed by atoms with van der Waals surface area (Å²) < 4.78 is 13.3. The van der Waals surface area contributed by atoms with Crippen molar-refractivity contribution < 1.29 is 14.3 Å². The number of amides is 1. The molecule has 0 saturated carbocycles. The molecule has 1 amide bonds. The summed E-state index contributed by atoms with van der Waals surface area (Å²) in [5.74, 6) is 2.88. The first-order valence-electron chi connectivity index (χ1n) is 11.6. The summed E-state index contributed by atoms with van der Waals surface area (Å²) in [6, 6.07) is 17.6. The third-order valence-electron chi connectivity index (χ3n) is 5.85. The molecule has 8 nitrogen and oxygen atoms in total. The number of nitrogens with zero attached hydrogens (tertiary/aromatic N) is 5. The summed E-state index contributed by atoms with van der Waals surface area (Å²) in [7, 11) is 1.65. The van der Waals surface area contributed by atoms with E-state index in [0.29, 0.717) is 18.9 Å². The van der Waals surface area contributed by atoms with Crippen LogP contribution in [0.3, 0.4) is 0 Å². The number of hydrogen-bond donors (Lipinski definition) is 0. The second-order valence-corrected chi connectivity index (χ2v) is 8.87. The normalized spacial score (nSPS) is 14.2. The first-order chi connectivity index (χ1) is 16.7. The zero-order valence-corrected chi connectivity index (χ0v) is 20.5. The lowest BCUT2D eigenvalue weighted by molar-refractivity contribution is -0.130. The highest BCUT2D eigenvalue weighted by molar-refractivity contribution is 7.99. The molecule has 34 heavy (non-hydrogen) atoms. The number of carbonyl (C=O) groups excluding carboxylic acids is 1. The van der Waals surface area contributed by atoms with E-state index in [1.54, 1.807) is 7.11 Å². The van der Waals surface area contributed by atoms with Crippen molar-refractivity contribution in [2.45, 2.75) is 18.6 Å². The molecule has 2 aromatic carbocycles. The van der Waals surface area contributed by atoms with Crippen LogP contribution in [0.15, 0.2) is 59.8 Å². The lowest BCUT2D eigenvalue weighted by atomic mass is 10.2. The molecule has 1 fully saturated rings. The molecule has 0 atom stereocenters. The molecule has 2 heterocycles. The maximum absolute atomic E-state index is 12.8. The Kier molecular flexibility index (Phi) is 8.43. The minimum Gasteiger partial charge on any atom is -0.496 e. The van der Waals surface area contributed by atoms with Gasteiger partial charge in [0.15, 0.2) is 11.0 Å². The van der Waals surface area contributed by atoms with Crippen molar-refractivity contribution in [3.63, 3.8) is 0 Å². The van der Waals surface area contributed by atoms with Gasteiger partial charge in [0.2, 0.25) is 5.91 Å². The number of aromatic nitrogens is 3. The van der Waals surface area contributed by atoms with Crippen LogP contribution in [0.1, 0.15) is 6.92 Å². The lowest BCUT2D eigenvalue weighted by Crippen LogP contribution is -2.50. The number of methoxy groups -OCH3 is 1. The van der Waals surface area contributed by atoms with Crippen molar-refractivity contribution in [3.8, 4) is 22.9 Å². The molecule has 0 spiro atoms. The van der Waals surface area contributed by atoms with Crippen LogP contribution in [0, 0.1) is 0 Å². The van der Waals surface area contributed by atoms with Gasteiger partial charge in [-0.1, -0.05) is 42.1 Å². The molecule has 0 N–H and O–H groups in total. The molecule has 0 unspecified atom stereocenters. The van der Waals surface area contributed by atoms with Gasteiger partial charge in [-0.15, -0.1) is 10.2 Å². The van der Waals surface area contributed by atoms with Crippen molar-refractivity contribution in [3.05, 3.63) is 54.6 Å². The molecule has 4 rings (SSSR count). The Balaban J connectivity index is 1.25. The number of piperazine rings is 1. The summed E-state index contributed by atoms with van der Waals surface area (Å²) >= 11 is 1.44. The van der Waals surface area contributed by atoms with Crippen LogP contribution in [0.4, 0.5) is 0 Å². The molecule has 180 valence electrons. The average Bonchev–Trinajstić information content (AvgIpc) is 3.31. The molecule has 1 aromatic heterocycles. The molecule has 1 aliphatic heterocycles. The summed E-state index contributed by atoms with van der Waals surface area (Å²) in [6.07, 6.45) is 0. The molecule has 3 aromatic rings. The van der Waals surface area contributed by atoms with Gasteiger partial charge in [0.25, 0.3) is 0 Å². The number of ether oxygens (including phenoxy) is 2. The maximum atomic E-state index is 12.8. The van der Waals surface area contributed by atoms with E-state index in [0.717, 1.165) is 60.8 Å². The second-order valence-electron chi connectivity index (χ2n) is 7.92. The van der Waals surface area contributed by atoms with Crippen LogP contribution in [-0.4, -0.2) is 82.7 Å². The average molecular weight is 482 g/mol. The standard InChI is InChI=1S/C25H31N5O3S/c1-3-30-24(21-11-7-8-12-22(21)32-2)26-27-25(30)34-19-23(31)29-15-13-28(14-16-29)17-18-33-20-9-5-4-6-10-20/h4-12H,3,13-19H2,1-2H3. The molecule has 0 radical (unpaired) electrons. The number of carbonyl (C=O) groups is 1. The van der Waals surface area contributed by atoms with E-state index in [2.05, 4.69) is 22.0 Å². The van der Waals surface area contributed by atoms with Gasteiger partial charge in [-0.05, 0) is 31.2 Å². The fourth-order valence-corrected chi connectivity index (χ4v) is 4.86. The quantitative estimate of drug-likeness (QED) is 0.412. The third-order valence-corrected chi connectivity index (χ3v) is 6.80. The van der Waals surface area contributed by atoms with Crippen molar-refractivity contribution in [2.75, 3.05) is 52.2 Å². The molecular formula is C25H31N5O3S. The van der Waals surface area contributed by atoms with Crippen molar-refractivity contribution in [2.24, 2.45) is 0 Å². The zero-order chi connectivity index (χ0) is 23.8. The van der Waals surface area contributed by atoms with E-state index >= 15 is 0 Å².